The fourth-order valence-electron chi connectivity index (χ4n) is 3.53. The molecule has 0 heterocycles. The number of hydrogen-bond acceptors (Lipinski definition) is 0. The summed E-state index contributed by atoms with van der Waals surface area (Å²) in [6, 6.07) is 0. The summed E-state index contributed by atoms with van der Waals surface area (Å²) in [7, 11) is 0. The third-order valence-corrected chi connectivity index (χ3v) is 4.76. The minimum absolute atomic E-state index is 1.15. The summed E-state index contributed by atoms with van der Waals surface area (Å²) in [4.78, 5) is 0. The van der Waals surface area contributed by atoms with Crippen molar-refractivity contribution >= 4 is 0 Å². The first-order chi connectivity index (χ1) is 6.92. The van der Waals surface area contributed by atoms with Gasteiger partial charge in [-0.05, 0) is 42.9 Å². The molecule has 0 nitrogen and oxygen atoms in total. The third-order valence-electron chi connectivity index (χ3n) is 4.76. The monoisotopic (exact) mass is 192 g/mol. The molecule has 2 unspecified atom stereocenters. The van der Waals surface area contributed by atoms with E-state index >= 15 is 0 Å². The Hall–Kier alpha value is 0. The maximum absolute atomic E-state index is 1.60. The van der Waals surface area contributed by atoms with Gasteiger partial charge in [0.1, 0.15) is 0 Å². The smallest absolute Gasteiger partial charge is 0.0380 e. The molecular formula is C14H24. The van der Waals surface area contributed by atoms with Crippen LogP contribution in [-0.2, 0) is 0 Å². The summed E-state index contributed by atoms with van der Waals surface area (Å²) in [6.45, 7) is 0. The lowest BCUT2D eigenvalue weighted by molar-refractivity contribution is 0.424. The van der Waals surface area contributed by atoms with Gasteiger partial charge < -0.3 is 0 Å². The van der Waals surface area contributed by atoms with Gasteiger partial charge in [-0.25, -0.2) is 0 Å². The predicted molar refractivity (Wildman–Crippen MR) is 60.1 cm³/mol. The summed E-state index contributed by atoms with van der Waals surface area (Å²) in [5.41, 5.74) is 0. The highest BCUT2D eigenvalue weighted by Gasteiger charge is 2.45. The molecule has 3 aliphatic carbocycles. The lowest BCUT2D eigenvalue weighted by atomic mass is 9.96. The van der Waals surface area contributed by atoms with Crippen LogP contribution in [0.1, 0.15) is 64.2 Å². The Morgan fingerprint density at radius 3 is 1.93 bits per heavy atom. The molecule has 0 radical (unpaired) electrons. The van der Waals surface area contributed by atoms with Crippen molar-refractivity contribution in [2.45, 2.75) is 64.2 Å². The van der Waals surface area contributed by atoms with Crippen LogP contribution in [0.2, 0.25) is 0 Å². The van der Waals surface area contributed by atoms with Crippen LogP contribution < -0.4 is 0 Å². The van der Waals surface area contributed by atoms with E-state index in [-0.39, 0.29) is 0 Å². The van der Waals surface area contributed by atoms with Gasteiger partial charge in [0.05, 0.1) is 0 Å². The van der Waals surface area contributed by atoms with Gasteiger partial charge in [-0.3, -0.25) is 0 Å². The van der Waals surface area contributed by atoms with Crippen molar-refractivity contribution in [3.8, 4) is 0 Å². The average Bonchev–Trinajstić information content (AvgIpc) is 3.08. The first kappa shape index (κ1) is 9.24. The predicted octanol–water partition coefficient (Wildman–Crippen LogP) is 4.39. The first-order valence-electron chi connectivity index (χ1n) is 6.92. The molecule has 0 aromatic carbocycles. The molecule has 3 saturated carbocycles. The lowest BCUT2D eigenvalue weighted by Gasteiger charge is -2.10. The molecule has 3 fully saturated rings. The SMILES string of the molecule is C(CCC1CC1)CCC1CC2CC2C1. The minimum Gasteiger partial charge on any atom is -0.0533 e. The van der Waals surface area contributed by atoms with E-state index in [9.17, 15) is 0 Å². The lowest BCUT2D eigenvalue weighted by Crippen LogP contribution is -1.96. The van der Waals surface area contributed by atoms with E-state index in [2.05, 4.69) is 0 Å². The van der Waals surface area contributed by atoms with Crippen molar-refractivity contribution in [3.63, 3.8) is 0 Å². The summed E-state index contributed by atoms with van der Waals surface area (Å²) >= 11 is 0. The highest BCUT2D eigenvalue weighted by atomic mass is 14.5. The summed E-state index contributed by atoms with van der Waals surface area (Å²) in [5, 5.41) is 0. The largest absolute Gasteiger partial charge is 0.0533 e. The molecule has 2 atom stereocenters. The Kier molecular flexibility index (Phi) is 2.55. The van der Waals surface area contributed by atoms with Gasteiger partial charge in [0.2, 0.25) is 0 Å². The molecule has 0 heteroatoms. The van der Waals surface area contributed by atoms with E-state index in [1.54, 1.807) is 44.9 Å². The van der Waals surface area contributed by atoms with Gasteiger partial charge in [0, 0.05) is 0 Å². The molecule has 14 heavy (non-hydrogen) atoms. The van der Waals surface area contributed by atoms with Crippen LogP contribution in [0, 0.1) is 23.7 Å². The topological polar surface area (TPSA) is 0 Å². The molecule has 3 aliphatic rings. The zero-order valence-electron chi connectivity index (χ0n) is 9.38. The maximum Gasteiger partial charge on any atom is -0.0380 e. The molecule has 80 valence electrons. The molecule has 3 rings (SSSR count). The standard InChI is InChI=1S/C14H24/c1(2-4-11-6-7-11)3-5-12-8-13-10-14(13)9-12/h11-14H,1-10H2. The normalized spacial score (nSPS) is 39.9. The summed E-state index contributed by atoms with van der Waals surface area (Å²) in [5.74, 6) is 4.71. The third kappa shape index (κ3) is 2.32. The molecule has 0 amide bonds. The average molecular weight is 192 g/mol. The van der Waals surface area contributed by atoms with E-state index < -0.39 is 0 Å². The van der Waals surface area contributed by atoms with Crippen molar-refractivity contribution in [1.29, 1.82) is 0 Å². The van der Waals surface area contributed by atoms with Crippen LogP contribution >= 0.6 is 0 Å². The first-order valence-corrected chi connectivity index (χ1v) is 6.92. The van der Waals surface area contributed by atoms with Crippen LogP contribution in [0.3, 0.4) is 0 Å². The Morgan fingerprint density at radius 2 is 1.29 bits per heavy atom. The molecular weight excluding hydrogens is 168 g/mol. The van der Waals surface area contributed by atoms with Crippen LogP contribution in [0.4, 0.5) is 0 Å². The van der Waals surface area contributed by atoms with E-state index in [1.807, 2.05) is 0 Å². The van der Waals surface area contributed by atoms with Crippen molar-refractivity contribution in [2.75, 3.05) is 0 Å². The van der Waals surface area contributed by atoms with Crippen LogP contribution in [0.15, 0.2) is 0 Å². The van der Waals surface area contributed by atoms with Gasteiger partial charge in [-0.2, -0.15) is 0 Å². The van der Waals surface area contributed by atoms with Crippen molar-refractivity contribution in [3.05, 3.63) is 0 Å². The van der Waals surface area contributed by atoms with Gasteiger partial charge in [0.25, 0.3) is 0 Å². The molecule has 0 aromatic heterocycles. The Labute approximate surface area is 88.5 Å². The number of rotatable bonds is 6. The summed E-state index contributed by atoms with van der Waals surface area (Å²) < 4.78 is 0. The van der Waals surface area contributed by atoms with Crippen molar-refractivity contribution < 1.29 is 0 Å². The highest BCUT2D eigenvalue weighted by Crippen LogP contribution is 2.55. The second-order valence-electron chi connectivity index (χ2n) is 6.17. The maximum atomic E-state index is 1.60. The van der Waals surface area contributed by atoms with Crippen LogP contribution in [0.5, 0.6) is 0 Å². The highest BCUT2D eigenvalue weighted by molar-refractivity contribution is 4.95. The molecule has 0 N–H and O–H groups in total. The fraction of sp³-hybridized carbons (Fsp3) is 1.00. The van der Waals surface area contributed by atoms with E-state index in [0.29, 0.717) is 0 Å². The van der Waals surface area contributed by atoms with E-state index in [4.69, 9.17) is 0 Å². The van der Waals surface area contributed by atoms with Gasteiger partial charge in [0.15, 0.2) is 0 Å². The Morgan fingerprint density at radius 1 is 0.643 bits per heavy atom. The molecule has 0 spiro atoms. The van der Waals surface area contributed by atoms with Crippen molar-refractivity contribution in [2.24, 2.45) is 23.7 Å². The van der Waals surface area contributed by atoms with Gasteiger partial charge >= 0.3 is 0 Å². The molecule has 0 saturated heterocycles. The number of fused-ring (bicyclic) bond motifs is 1. The quantitative estimate of drug-likeness (QED) is 0.547. The minimum atomic E-state index is 1.15. The zero-order chi connectivity index (χ0) is 9.38. The second-order valence-corrected chi connectivity index (χ2v) is 6.17. The van der Waals surface area contributed by atoms with E-state index in [0.717, 1.165) is 11.8 Å². The second kappa shape index (κ2) is 3.87. The Bertz CT molecular complexity index is 182. The fourth-order valence-corrected chi connectivity index (χ4v) is 3.53. The van der Waals surface area contributed by atoms with Crippen molar-refractivity contribution in [1.82, 2.24) is 0 Å². The van der Waals surface area contributed by atoms with Gasteiger partial charge in [-0.1, -0.05) is 44.9 Å². The zero-order valence-corrected chi connectivity index (χ0v) is 9.38. The van der Waals surface area contributed by atoms with E-state index in [1.165, 1.54) is 31.1 Å². The molecule has 0 bridgehead atoms. The molecule has 0 aromatic rings. The number of unbranched alkanes of at least 4 members (excludes halogenated alkanes) is 2. The van der Waals surface area contributed by atoms with Crippen LogP contribution in [-0.4, -0.2) is 0 Å². The van der Waals surface area contributed by atoms with Crippen LogP contribution in [0.25, 0.3) is 0 Å². The molecule has 0 aliphatic heterocycles. The summed E-state index contributed by atoms with van der Waals surface area (Å²) in [6.07, 6.45) is 15.6. The Balaban J connectivity index is 1.20. The van der Waals surface area contributed by atoms with Gasteiger partial charge in [-0.15, -0.1) is 0 Å². The number of hydrogen-bond donors (Lipinski definition) is 0.